The number of hydrogen-bond acceptors (Lipinski definition) is 3. The normalized spacial score (nSPS) is 16.8. The van der Waals surface area contributed by atoms with E-state index in [-0.39, 0.29) is 11.8 Å². The Hall–Kier alpha value is -2.34. The van der Waals surface area contributed by atoms with Crippen LogP contribution >= 0.6 is 15.9 Å². The molecule has 130 valence electrons. The Balaban J connectivity index is 1.72. The lowest BCUT2D eigenvalue weighted by atomic mass is 10.1. The van der Waals surface area contributed by atoms with E-state index in [4.69, 9.17) is 4.74 Å². The van der Waals surface area contributed by atoms with Crippen molar-refractivity contribution in [2.75, 3.05) is 23.9 Å². The van der Waals surface area contributed by atoms with Gasteiger partial charge in [0.05, 0.1) is 7.11 Å². The zero-order valence-corrected chi connectivity index (χ0v) is 15.7. The maximum atomic E-state index is 12.7. The number of amides is 2. The first-order valence-corrected chi connectivity index (χ1v) is 8.81. The first kappa shape index (κ1) is 17.5. The topological polar surface area (TPSA) is 58.6 Å². The molecule has 2 aromatic carbocycles. The summed E-state index contributed by atoms with van der Waals surface area (Å²) in [7, 11) is 1.59. The number of nitrogens with one attached hydrogen (secondary N) is 1. The molecule has 2 aromatic rings. The Labute approximate surface area is 155 Å². The highest BCUT2D eigenvalue weighted by atomic mass is 79.9. The number of methoxy groups -OCH3 is 1. The van der Waals surface area contributed by atoms with Crippen LogP contribution in [-0.2, 0) is 9.59 Å². The van der Waals surface area contributed by atoms with Gasteiger partial charge in [0, 0.05) is 22.4 Å². The van der Waals surface area contributed by atoms with Crippen molar-refractivity contribution >= 4 is 39.1 Å². The minimum Gasteiger partial charge on any atom is -0.497 e. The second kappa shape index (κ2) is 7.27. The number of anilines is 2. The van der Waals surface area contributed by atoms with Crippen molar-refractivity contribution in [3.05, 3.63) is 52.5 Å². The number of rotatable bonds is 4. The predicted molar refractivity (Wildman–Crippen MR) is 101 cm³/mol. The molecule has 1 aliphatic rings. The molecule has 1 atom stereocenters. The van der Waals surface area contributed by atoms with Crippen molar-refractivity contribution in [1.82, 2.24) is 0 Å². The first-order chi connectivity index (χ1) is 12.0. The molecule has 1 aliphatic heterocycles. The van der Waals surface area contributed by atoms with Gasteiger partial charge >= 0.3 is 0 Å². The Morgan fingerprint density at radius 2 is 1.96 bits per heavy atom. The molecular formula is C19H19BrN2O3. The fraction of sp³-hybridized carbons (Fsp3) is 0.263. The largest absolute Gasteiger partial charge is 0.497 e. The van der Waals surface area contributed by atoms with Gasteiger partial charge in [-0.15, -0.1) is 0 Å². The Morgan fingerprint density at radius 3 is 2.64 bits per heavy atom. The van der Waals surface area contributed by atoms with Gasteiger partial charge in [-0.1, -0.05) is 22.0 Å². The van der Waals surface area contributed by atoms with Gasteiger partial charge in [-0.2, -0.15) is 0 Å². The third-order valence-electron chi connectivity index (χ3n) is 4.34. The van der Waals surface area contributed by atoms with Crippen molar-refractivity contribution in [2.45, 2.75) is 13.3 Å². The number of halogens is 1. The molecule has 1 N–H and O–H groups in total. The van der Waals surface area contributed by atoms with Crippen LogP contribution in [-0.4, -0.2) is 25.5 Å². The van der Waals surface area contributed by atoms with E-state index in [1.807, 2.05) is 25.1 Å². The highest BCUT2D eigenvalue weighted by Gasteiger charge is 2.38. The van der Waals surface area contributed by atoms with E-state index in [9.17, 15) is 9.59 Å². The van der Waals surface area contributed by atoms with Gasteiger partial charge in [0.1, 0.15) is 11.7 Å². The first-order valence-electron chi connectivity index (χ1n) is 8.02. The number of carbonyl (C=O) groups excluding carboxylic acids is 2. The number of hydrogen-bond donors (Lipinski definition) is 1. The fourth-order valence-corrected chi connectivity index (χ4v) is 3.29. The van der Waals surface area contributed by atoms with Crippen LogP contribution in [0.5, 0.6) is 5.75 Å². The molecule has 0 bridgehead atoms. The molecule has 1 fully saturated rings. The van der Waals surface area contributed by atoms with E-state index in [0.29, 0.717) is 24.4 Å². The van der Waals surface area contributed by atoms with Crippen LogP contribution in [0.25, 0.3) is 0 Å². The highest BCUT2D eigenvalue weighted by Crippen LogP contribution is 2.31. The molecule has 3 rings (SSSR count). The summed E-state index contributed by atoms with van der Waals surface area (Å²) in [5.74, 6) is -0.385. The quantitative estimate of drug-likeness (QED) is 0.791. The number of nitrogens with zero attached hydrogens (tertiary/aromatic N) is 1. The molecule has 1 saturated heterocycles. The minimum atomic E-state index is -0.666. The maximum Gasteiger partial charge on any atom is 0.239 e. The summed E-state index contributed by atoms with van der Waals surface area (Å²) in [4.78, 5) is 26.9. The van der Waals surface area contributed by atoms with Crippen molar-refractivity contribution in [2.24, 2.45) is 5.92 Å². The summed E-state index contributed by atoms with van der Waals surface area (Å²) in [6.45, 7) is 2.50. The Morgan fingerprint density at radius 1 is 1.24 bits per heavy atom. The third-order valence-corrected chi connectivity index (χ3v) is 4.83. The molecule has 0 spiro atoms. The molecule has 25 heavy (non-hydrogen) atoms. The monoisotopic (exact) mass is 402 g/mol. The minimum absolute atomic E-state index is 0.160. The lowest BCUT2D eigenvalue weighted by Gasteiger charge is -2.19. The van der Waals surface area contributed by atoms with Gasteiger partial charge in [-0.05, 0) is 55.3 Å². The summed E-state index contributed by atoms with van der Waals surface area (Å²) in [6, 6.07) is 12.9. The van der Waals surface area contributed by atoms with E-state index < -0.39 is 5.92 Å². The van der Waals surface area contributed by atoms with Gasteiger partial charge in [0.25, 0.3) is 0 Å². The van der Waals surface area contributed by atoms with Crippen LogP contribution in [0.3, 0.4) is 0 Å². The highest BCUT2D eigenvalue weighted by molar-refractivity contribution is 9.10. The van der Waals surface area contributed by atoms with E-state index in [0.717, 1.165) is 15.7 Å². The molecular weight excluding hydrogens is 384 g/mol. The number of aryl methyl sites for hydroxylation is 1. The molecule has 0 saturated carbocycles. The molecule has 1 heterocycles. The Bertz CT molecular complexity index is 805. The molecule has 0 radical (unpaired) electrons. The zero-order valence-electron chi connectivity index (χ0n) is 14.1. The number of ether oxygens (including phenoxy) is 1. The summed E-state index contributed by atoms with van der Waals surface area (Å²) >= 11 is 3.44. The summed E-state index contributed by atoms with van der Waals surface area (Å²) in [6.07, 6.45) is 0.507. The second-order valence-electron chi connectivity index (χ2n) is 5.98. The molecule has 0 unspecified atom stereocenters. The van der Waals surface area contributed by atoms with Crippen LogP contribution < -0.4 is 15.0 Å². The number of carbonyl (C=O) groups is 2. The smallest absolute Gasteiger partial charge is 0.239 e. The Kier molecular flexibility index (Phi) is 5.08. The molecule has 2 amide bonds. The molecule has 0 aliphatic carbocycles. The summed E-state index contributed by atoms with van der Waals surface area (Å²) in [5, 5.41) is 2.81. The van der Waals surface area contributed by atoms with E-state index in [2.05, 4.69) is 21.2 Å². The summed E-state index contributed by atoms with van der Waals surface area (Å²) in [5.41, 5.74) is 2.50. The van der Waals surface area contributed by atoms with Gasteiger partial charge < -0.3 is 15.0 Å². The van der Waals surface area contributed by atoms with Crippen LogP contribution in [0.15, 0.2) is 46.9 Å². The van der Waals surface area contributed by atoms with E-state index >= 15 is 0 Å². The maximum absolute atomic E-state index is 12.7. The molecule has 6 heteroatoms. The molecule has 5 nitrogen and oxygen atoms in total. The van der Waals surface area contributed by atoms with Gasteiger partial charge in [-0.3, -0.25) is 9.59 Å². The van der Waals surface area contributed by atoms with Gasteiger partial charge in [0.2, 0.25) is 11.8 Å². The van der Waals surface area contributed by atoms with Crippen molar-refractivity contribution < 1.29 is 14.3 Å². The van der Waals surface area contributed by atoms with Crippen molar-refractivity contribution in [1.29, 1.82) is 0 Å². The van der Waals surface area contributed by atoms with Crippen molar-refractivity contribution in [3.8, 4) is 5.75 Å². The van der Waals surface area contributed by atoms with Gasteiger partial charge in [-0.25, -0.2) is 0 Å². The lowest BCUT2D eigenvalue weighted by Crippen LogP contribution is -2.33. The zero-order chi connectivity index (χ0) is 18.0. The predicted octanol–water partition coefficient (Wildman–Crippen LogP) is 3.76. The SMILES string of the molecule is COc1ccc(NC(=O)[C@H]2CCN(c3cc(Br)ccc3C)C2=O)cc1. The van der Waals surface area contributed by atoms with Crippen LogP contribution in [0.1, 0.15) is 12.0 Å². The lowest BCUT2D eigenvalue weighted by molar-refractivity contribution is -0.129. The van der Waals surface area contributed by atoms with Crippen LogP contribution in [0.4, 0.5) is 11.4 Å². The van der Waals surface area contributed by atoms with Gasteiger partial charge in [0.15, 0.2) is 0 Å². The van der Waals surface area contributed by atoms with Crippen molar-refractivity contribution in [3.63, 3.8) is 0 Å². The van der Waals surface area contributed by atoms with Crippen LogP contribution in [0.2, 0.25) is 0 Å². The average molecular weight is 403 g/mol. The second-order valence-corrected chi connectivity index (χ2v) is 6.90. The van der Waals surface area contributed by atoms with E-state index in [1.54, 1.807) is 36.3 Å². The average Bonchev–Trinajstić information content (AvgIpc) is 2.99. The summed E-state index contributed by atoms with van der Waals surface area (Å²) < 4.78 is 6.01. The van der Waals surface area contributed by atoms with E-state index in [1.165, 1.54) is 0 Å². The van der Waals surface area contributed by atoms with Crippen LogP contribution in [0, 0.1) is 12.8 Å². The standard InChI is InChI=1S/C19H19BrN2O3/c1-12-3-4-13(20)11-17(12)22-10-9-16(19(22)24)18(23)21-14-5-7-15(25-2)8-6-14/h3-8,11,16H,9-10H2,1-2H3,(H,21,23)/t16-/m1/s1. The fourth-order valence-electron chi connectivity index (χ4n) is 2.94. The third kappa shape index (κ3) is 3.69. The number of benzene rings is 2. The molecule has 0 aromatic heterocycles.